The lowest BCUT2D eigenvalue weighted by atomic mass is 9.93. The number of nitrogens with zero attached hydrogens (tertiary/aromatic N) is 2. The zero-order valence-corrected chi connectivity index (χ0v) is 22.2. The molecule has 0 N–H and O–H groups in total. The molecule has 0 unspecified atom stereocenters. The van der Waals surface area contributed by atoms with Gasteiger partial charge in [0.2, 0.25) is 0 Å². The molecule has 7 rings (SSSR count). The van der Waals surface area contributed by atoms with Crippen molar-refractivity contribution in [2.45, 2.75) is 6.42 Å². The quantitative estimate of drug-likeness (QED) is 0.152. The summed E-state index contributed by atoms with van der Waals surface area (Å²) in [6, 6.07) is 37.5. The van der Waals surface area contributed by atoms with Crippen LogP contribution in [-0.4, -0.2) is 9.85 Å². The molecule has 0 bridgehead atoms. The highest BCUT2D eigenvalue weighted by Crippen LogP contribution is 2.48. The van der Waals surface area contributed by atoms with Gasteiger partial charge in [0.25, 0.3) is 11.4 Å². The SMILES string of the molecule is O=[N+]([O-])c1ccc(C2=C(c3ccccc3)c3cc4oc(-c5ccc([N+](=O)[O-])cc5)c(-c5ccccc5)c4cc3C2)cc1. The van der Waals surface area contributed by atoms with Gasteiger partial charge < -0.3 is 4.42 Å². The first kappa shape index (κ1) is 25.2. The maximum Gasteiger partial charge on any atom is 0.269 e. The molecule has 0 fully saturated rings. The third-order valence-corrected chi connectivity index (χ3v) is 7.74. The fraction of sp³-hybridized carbons (Fsp3) is 0.0286. The fourth-order valence-corrected chi connectivity index (χ4v) is 5.80. The lowest BCUT2D eigenvalue weighted by molar-refractivity contribution is -0.385. The molecule has 0 amide bonds. The Morgan fingerprint density at radius 3 is 1.71 bits per heavy atom. The summed E-state index contributed by atoms with van der Waals surface area (Å²) in [6.45, 7) is 0. The maximum atomic E-state index is 11.3. The van der Waals surface area contributed by atoms with Crippen LogP contribution < -0.4 is 0 Å². The maximum absolute atomic E-state index is 11.3. The number of nitro benzene ring substituents is 2. The number of nitro groups is 2. The Bertz CT molecular complexity index is 2030. The third-order valence-electron chi connectivity index (χ3n) is 7.74. The smallest absolute Gasteiger partial charge is 0.269 e. The number of non-ortho nitro benzene ring substituents is 2. The minimum Gasteiger partial charge on any atom is -0.455 e. The zero-order chi connectivity index (χ0) is 28.8. The molecule has 6 aromatic rings. The second-order valence-electron chi connectivity index (χ2n) is 10.2. The van der Waals surface area contributed by atoms with Crippen LogP contribution >= 0.6 is 0 Å². The number of hydrogen-bond acceptors (Lipinski definition) is 5. The number of fused-ring (bicyclic) bond motifs is 2. The zero-order valence-electron chi connectivity index (χ0n) is 22.2. The van der Waals surface area contributed by atoms with E-state index in [1.165, 1.54) is 12.1 Å². The Morgan fingerprint density at radius 1 is 0.595 bits per heavy atom. The first-order valence-electron chi connectivity index (χ1n) is 13.4. The molecule has 0 radical (unpaired) electrons. The third kappa shape index (κ3) is 4.24. The normalized spacial score (nSPS) is 12.5. The second kappa shape index (κ2) is 9.98. The van der Waals surface area contributed by atoms with Crippen LogP contribution in [0.4, 0.5) is 11.4 Å². The van der Waals surface area contributed by atoms with Crippen LogP contribution in [0.15, 0.2) is 126 Å². The van der Waals surface area contributed by atoms with Crippen LogP contribution in [0.2, 0.25) is 0 Å². The van der Waals surface area contributed by atoms with Crippen LogP contribution in [0.25, 0.3) is 44.6 Å². The fourth-order valence-electron chi connectivity index (χ4n) is 5.80. The van der Waals surface area contributed by atoms with E-state index < -0.39 is 4.92 Å². The predicted molar refractivity (Wildman–Crippen MR) is 163 cm³/mol. The molecule has 0 saturated heterocycles. The van der Waals surface area contributed by atoms with Crippen molar-refractivity contribution in [3.05, 3.63) is 164 Å². The summed E-state index contributed by atoms with van der Waals surface area (Å²) in [4.78, 5) is 21.7. The van der Waals surface area contributed by atoms with Gasteiger partial charge in [0.1, 0.15) is 11.3 Å². The molecule has 7 heteroatoms. The van der Waals surface area contributed by atoms with E-state index in [9.17, 15) is 20.2 Å². The van der Waals surface area contributed by atoms with Crippen LogP contribution in [0.5, 0.6) is 0 Å². The van der Waals surface area contributed by atoms with E-state index in [0.29, 0.717) is 17.8 Å². The molecule has 0 aliphatic heterocycles. The highest BCUT2D eigenvalue weighted by molar-refractivity contribution is 6.09. The average molecular weight is 551 g/mol. The summed E-state index contributed by atoms with van der Waals surface area (Å²) in [5.41, 5.74) is 9.75. The predicted octanol–water partition coefficient (Wildman–Crippen LogP) is 9.10. The molecular formula is C35H22N2O5. The van der Waals surface area contributed by atoms with Crippen molar-refractivity contribution in [3.8, 4) is 22.5 Å². The van der Waals surface area contributed by atoms with Crippen molar-refractivity contribution in [2.24, 2.45) is 0 Å². The molecule has 1 aliphatic carbocycles. The second-order valence-corrected chi connectivity index (χ2v) is 10.2. The molecular weight excluding hydrogens is 528 g/mol. The molecule has 0 atom stereocenters. The molecule has 42 heavy (non-hydrogen) atoms. The van der Waals surface area contributed by atoms with E-state index in [4.69, 9.17) is 4.42 Å². The summed E-state index contributed by atoms with van der Waals surface area (Å²) in [7, 11) is 0. The highest BCUT2D eigenvalue weighted by Gasteiger charge is 2.28. The number of benzene rings is 5. The summed E-state index contributed by atoms with van der Waals surface area (Å²) < 4.78 is 6.57. The summed E-state index contributed by atoms with van der Waals surface area (Å²) in [5, 5.41) is 23.5. The monoisotopic (exact) mass is 550 g/mol. The summed E-state index contributed by atoms with van der Waals surface area (Å²) in [5.74, 6) is 0.649. The standard InChI is InChI=1S/C35H22N2O5/c38-36(39)27-15-11-22(12-16-27)29-19-26-20-31-32(21-30(26)33(29)23-7-3-1-4-8-23)42-35(34(31)24-9-5-2-6-10-24)25-13-17-28(18-14-25)37(40)41/h1-18,20-21H,19H2. The number of allylic oxidation sites excluding steroid dienone is 1. The van der Waals surface area contributed by atoms with E-state index in [1.807, 2.05) is 60.7 Å². The van der Waals surface area contributed by atoms with Crippen molar-refractivity contribution in [1.29, 1.82) is 0 Å². The molecule has 5 aromatic carbocycles. The molecule has 1 aromatic heterocycles. The van der Waals surface area contributed by atoms with Gasteiger partial charge in [-0.3, -0.25) is 20.2 Å². The van der Waals surface area contributed by atoms with Crippen LogP contribution in [0.3, 0.4) is 0 Å². The summed E-state index contributed by atoms with van der Waals surface area (Å²) >= 11 is 0. The van der Waals surface area contributed by atoms with Gasteiger partial charge in [0, 0.05) is 40.8 Å². The van der Waals surface area contributed by atoms with E-state index >= 15 is 0 Å². The molecule has 0 saturated carbocycles. The Morgan fingerprint density at radius 2 is 1.14 bits per heavy atom. The lowest BCUT2D eigenvalue weighted by Gasteiger charge is -2.10. The van der Waals surface area contributed by atoms with Crippen molar-refractivity contribution in [1.82, 2.24) is 0 Å². The topological polar surface area (TPSA) is 99.4 Å². The highest BCUT2D eigenvalue weighted by atomic mass is 16.6. The van der Waals surface area contributed by atoms with Crippen molar-refractivity contribution in [2.75, 3.05) is 0 Å². The molecule has 1 heterocycles. The van der Waals surface area contributed by atoms with E-state index in [-0.39, 0.29) is 16.3 Å². The summed E-state index contributed by atoms with van der Waals surface area (Å²) in [6.07, 6.45) is 0.652. The van der Waals surface area contributed by atoms with Crippen molar-refractivity contribution < 1.29 is 14.3 Å². The number of furan rings is 1. The van der Waals surface area contributed by atoms with Crippen LogP contribution in [0, 0.1) is 20.2 Å². The van der Waals surface area contributed by atoms with Gasteiger partial charge in [-0.2, -0.15) is 0 Å². The average Bonchev–Trinajstić information content (AvgIpc) is 3.59. The van der Waals surface area contributed by atoms with Gasteiger partial charge in [0.15, 0.2) is 0 Å². The van der Waals surface area contributed by atoms with Crippen molar-refractivity contribution >= 4 is 33.5 Å². The largest absolute Gasteiger partial charge is 0.455 e. The van der Waals surface area contributed by atoms with Gasteiger partial charge in [-0.05, 0) is 81.8 Å². The number of hydrogen-bond donors (Lipinski definition) is 0. The van der Waals surface area contributed by atoms with E-state index in [2.05, 4.69) is 24.3 Å². The number of rotatable bonds is 6. The Hall–Kier alpha value is -5.82. The van der Waals surface area contributed by atoms with E-state index in [1.54, 1.807) is 24.3 Å². The van der Waals surface area contributed by atoms with Gasteiger partial charge in [-0.25, -0.2) is 0 Å². The lowest BCUT2D eigenvalue weighted by Crippen LogP contribution is -1.91. The Balaban J connectivity index is 1.44. The minimum absolute atomic E-state index is 0.0199. The van der Waals surface area contributed by atoms with Gasteiger partial charge in [0.05, 0.1) is 9.85 Å². The minimum atomic E-state index is -0.412. The first-order valence-corrected chi connectivity index (χ1v) is 13.4. The van der Waals surface area contributed by atoms with Gasteiger partial charge >= 0.3 is 0 Å². The molecule has 1 aliphatic rings. The molecule has 0 spiro atoms. The Kier molecular flexibility index (Phi) is 5.98. The van der Waals surface area contributed by atoms with Gasteiger partial charge in [-0.15, -0.1) is 0 Å². The van der Waals surface area contributed by atoms with E-state index in [0.717, 1.165) is 55.5 Å². The molecule has 202 valence electrons. The first-order chi connectivity index (χ1) is 20.5. The van der Waals surface area contributed by atoms with Crippen LogP contribution in [-0.2, 0) is 6.42 Å². The van der Waals surface area contributed by atoms with Crippen LogP contribution in [0.1, 0.15) is 22.3 Å². The van der Waals surface area contributed by atoms with Crippen molar-refractivity contribution in [3.63, 3.8) is 0 Å². The molecule has 7 nitrogen and oxygen atoms in total. The Labute approximate surface area is 240 Å². The van der Waals surface area contributed by atoms with Gasteiger partial charge in [-0.1, -0.05) is 60.7 Å².